The number of Topliss-reactive ketones (excluding diaryl/α,β-unsaturated/α-hetero) is 1. The Balaban J connectivity index is 3.44. The normalized spacial score (nSPS) is 15.1. The van der Waals surface area contributed by atoms with Crippen LogP contribution in [-0.2, 0) is 9.53 Å². The first-order valence-corrected chi connectivity index (χ1v) is 11.6. The van der Waals surface area contributed by atoms with Crippen molar-refractivity contribution in [1.29, 1.82) is 0 Å². The molecule has 0 spiro atoms. The monoisotopic (exact) mass is 428 g/mol. The number of ketones is 1. The number of aliphatic hydroxyl groups is 4. The lowest BCUT2D eigenvalue weighted by Crippen LogP contribution is -2.45. The molecule has 0 unspecified atom stereocenters. The first kappa shape index (κ1) is 28.9. The molecule has 0 heterocycles. The smallest absolute Gasteiger partial charge is 0.189 e. The van der Waals surface area contributed by atoms with Gasteiger partial charge in [-0.3, -0.25) is 4.79 Å². The predicted molar refractivity (Wildman–Crippen MR) is 120 cm³/mol. The van der Waals surface area contributed by atoms with Gasteiger partial charge in [0.2, 0.25) is 0 Å². The van der Waals surface area contributed by atoms with Crippen LogP contribution in [0.4, 0.5) is 0 Å². The van der Waals surface area contributed by atoms with Gasteiger partial charge in [-0.05, 0) is 38.5 Å². The van der Waals surface area contributed by atoms with Gasteiger partial charge in [-0.15, -0.1) is 0 Å². The summed E-state index contributed by atoms with van der Waals surface area (Å²) in [5, 5.41) is 37.0. The quantitative estimate of drug-likeness (QED) is 0.165. The third kappa shape index (κ3) is 16.7. The van der Waals surface area contributed by atoms with Gasteiger partial charge in [-0.2, -0.15) is 0 Å². The van der Waals surface area contributed by atoms with Gasteiger partial charge in [0.1, 0.15) is 24.9 Å². The number of carbonyl (C=O) groups is 1. The molecule has 0 bridgehead atoms. The lowest BCUT2D eigenvalue weighted by molar-refractivity contribution is -0.144. The van der Waals surface area contributed by atoms with Gasteiger partial charge in [0.05, 0.1) is 6.61 Å². The summed E-state index contributed by atoms with van der Waals surface area (Å²) in [7, 11) is 0. The van der Waals surface area contributed by atoms with Crippen LogP contribution in [0.25, 0.3) is 0 Å². The number of carbonyl (C=O) groups excluding carboxylic acids is 1. The summed E-state index contributed by atoms with van der Waals surface area (Å²) in [6.07, 6.45) is 17.9. The lowest BCUT2D eigenvalue weighted by Gasteiger charge is -2.20. The Morgan fingerprint density at radius 2 is 1.40 bits per heavy atom. The van der Waals surface area contributed by atoms with Crippen molar-refractivity contribution in [3.05, 3.63) is 24.3 Å². The number of aliphatic hydroxyl groups excluding tert-OH is 4. The summed E-state index contributed by atoms with van der Waals surface area (Å²) >= 11 is 0. The topological polar surface area (TPSA) is 107 Å². The third-order valence-electron chi connectivity index (χ3n) is 4.97. The molecule has 6 nitrogen and oxygen atoms in total. The Hall–Kier alpha value is -1.05. The number of unbranched alkanes of at least 4 members (excludes halogenated alkanes) is 9. The highest BCUT2D eigenvalue weighted by atomic mass is 16.5. The first-order chi connectivity index (χ1) is 14.5. The van der Waals surface area contributed by atoms with Gasteiger partial charge in [0, 0.05) is 6.61 Å². The molecule has 0 fully saturated rings. The van der Waals surface area contributed by atoms with E-state index in [0.29, 0.717) is 6.61 Å². The predicted octanol–water partition coefficient (Wildman–Crippen LogP) is 3.46. The summed E-state index contributed by atoms with van der Waals surface area (Å²) in [6, 6.07) is 0. The number of ether oxygens (including phenoxy) is 1. The van der Waals surface area contributed by atoms with Gasteiger partial charge in [-0.1, -0.05) is 69.8 Å². The van der Waals surface area contributed by atoms with Crippen molar-refractivity contribution in [2.75, 3.05) is 19.8 Å². The third-order valence-corrected chi connectivity index (χ3v) is 4.97. The van der Waals surface area contributed by atoms with Crippen LogP contribution in [0.5, 0.6) is 0 Å². The van der Waals surface area contributed by atoms with Crippen LogP contribution in [0.1, 0.15) is 84.0 Å². The summed E-state index contributed by atoms with van der Waals surface area (Å²) in [6.45, 7) is 1.62. The Kier molecular flexibility index (Phi) is 20.5. The van der Waals surface area contributed by atoms with Crippen molar-refractivity contribution in [2.24, 2.45) is 0 Å². The van der Waals surface area contributed by atoms with Gasteiger partial charge in [0.25, 0.3) is 0 Å². The SMILES string of the molecule is CCCCCC=CCC=CCCCCCCCCOCC(=O)[C@@H](O)[C@H](O)[C@@H](O)CO. The maximum Gasteiger partial charge on any atom is 0.189 e. The first-order valence-electron chi connectivity index (χ1n) is 11.6. The number of rotatable bonds is 21. The molecule has 0 aromatic heterocycles. The second-order valence-corrected chi connectivity index (χ2v) is 7.79. The van der Waals surface area contributed by atoms with Crippen molar-refractivity contribution in [3.8, 4) is 0 Å². The summed E-state index contributed by atoms with van der Waals surface area (Å²) in [4.78, 5) is 11.6. The number of allylic oxidation sites excluding steroid dienone is 4. The van der Waals surface area contributed by atoms with Crippen LogP contribution < -0.4 is 0 Å². The van der Waals surface area contributed by atoms with E-state index >= 15 is 0 Å². The molecule has 0 aliphatic carbocycles. The van der Waals surface area contributed by atoms with Gasteiger partial charge in [0.15, 0.2) is 5.78 Å². The van der Waals surface area contributed by atoms with E-state index in [0.717, 1.165) is 32.1 Å². The molecule has 0 radical (unpaired) electrons. The number of hydrogen-bond acceptors (Lipinski definition) is 6. The zero-order valence-electron chi connectivity index (χ0n) is 18.8. The minimum Gasteiger partial charge on any atom is -0.394 e. The Morgan fingerprint density at radius 3 is 2.00 bits per heavy atom. The van der Waals surface area contributed by atoms with Crippen LogP contribution >= 0.6 is 0 Å². The van der Waals surface area contributed by atoms with Gasteiger partial charge < -0.3 is 25.2 Å². The van der Waals surface area contributed by atoms with Crippen molar-refractivity contribution in [3.63, 3.8) is 0 Å². The summed E-state index contributed by atoms with van der Waals surface area (Å²) in [5.41, 5.74) is 0. The zero-order chi connectivity index (χ0) is 22.5. The highest BCUT2D eigenvalue weighted by Gasteiger charge is 2.29. The summed E-state index contributed by atoms with van der Waals surface area (Å²) < 4.78 is 5.22. The molecule has 4 N–H and O–H groups in total. The molecule has 0 saturated heterocycles. The van der Waals surface area contributed by atoms with Crippen LogP contribution in [0, 0.1) is 0 Å². The van der Waals surface area contributed by atoms with Crippen LogP contribution in [-0.4, -0.2) is 64.3 Å². The van der Waals surface area contributed by atoms with E-state index in [1.807, 2.05) is 0 Å². The van der Waals surface area contributed by atoms with Gasteiger partial charge in [-0.25, -0.2) is 0 Å². The van der Waals surface area contributed by atoms with Crippen molar-refractivity contribution in [1.82, 2.24) is 0 Å². The second-order valence-electron chi connectivity index (χ2n) is 7.79. The zero-order valence-corrected chi connectivity index (χ0v) is 18.8. The fourth-order valence-electron chi connectivity index (χ4n) is 2.96. The van der Waals surface area contributed by atoms with E-state index < -0.39 is 30.7 Å². The molecule has 6 heteroatoms. The molecule has 0 saturated carbocycles. The largest absolute Gasteiger partial charge is 0.394 e. The van der Waals surface area contributed by atoms with Crippen molar-refractivity contribution in [2.45, 2.75) is 102 Å². The van der Waals surface area contributed by atoms with Crippen molar-refractivity contribution >= 4 is 5.78 Å². The molecule has 30 heavy (non-hydrogen) atoms. The minimum absolute atomic E-state index is 0.309. The van der Waals surface area contributed by atoms with Crippen molar-refractivity contribution < 1.29 is 30.0 Å². The maximum atomic E-state index is 11.6. The molecular formula is C24H44O6. The van der Waals surface area contributed by atoms with E-state index in [1.54, 1.807) is 0 Å². The van der Waals surface area contributed by atoms with Crippen LogP contribution in [0.2, 0.25) is 0 Å². The Labute approximate surface area is 182 Å². The minimum atomic E-state index is -1.75. The highest BCUT2D eigenvalue weighted by Crippen LogP contribution is 2.08. The fourth-order valence-corrected chi connectivity index (χ4v) is 2.96. The second kappa shape index (κ2) is 21.2. The lowest BCUT2D eigenvalue weighted by atomic mass is 10.1. The van der Waals surface area contributed by atoms with E-state index in [4.69, 9.17) is 9.84 Å². The van der Waals surface area contributed by atoms with E-state index in [2.05, 4.69) is 31.2 Å². The molecule has 176 valence electrons. The molecule has 0 aliphatic rings. The standard InChI is InChI=1S/C24H44O6/c1-2-3-4-5-6-7-8-9-10-11-12-13-14-15-16-17-18-30-20-22(27)24(29)23(28)21(26)19-25/h6-7,9-10,21,23-26,28-29H,2-5,8,11-20H2,1H3/t21-,23+,24+/m0/s1. The number of hydrogen-bond donors (Lipinski definition) is 4. The molecule has 0 aliphatic heterocycles. The van der Waals surface area contributed by atoms with E-state index in [1.165, 1.54) is 44.9 Å². The molecule has 0 aromatic rings. The van der Waals surface area contributed by atoms with Crippen LogP contribution in [0.15, 0.2) is 24.3 Å². The molecule has 0 aromatic carbocycles. The van der Waals surface area contributed by atoms with Crippen LogP contribution in [0.3, 0.4) is 0 Å². The molecule has 0 amide bonds. The Morgan fingerprint density at radius 1 is 0.833 bits per heavy atom. The average molecular weight is 429 g/mol. The maximum absolute atomic E-state index is 11.6. The molecule has 3 atom stereocenters. The van der Waals surface area contributed by atoms with Gasteiger partial charge >= 0.3 is 0 Å². The van der Waals surface area contributed by atoms with E-state index in [-0.39, 0.29) is 6.61 Å². The molecular weight excluding hydrogens is 384 g/mol. The average Bonchev–Trinajstić information content (AvgIpc) is 2.76. The highest BCUT2D eigenvalue weighted by molar-refractivity contribution is 5.84. The fraction of sp³-hybridized carbons (Fsp3) is 0.792. The van der Waals surface area contributed by atoms with E-state index in [9.17, 15) is 20.1 Å². The summed E-state index contributed by atoms with van der Waals surface area (Å²) in [5.74, 6) is -0.699. The Bertz CT molecular complexity index is 449. The molecule has 0 rings (SSSR count).